The predicted molar refractivity (Wildman–Crippen MR) is 229 cm³/mol. The second-order valence-electron chi connectivity index (χ2n) is 13.8. The number of nitrogens with zero attached hydrogens (tertiary/aromatic N) is 2. The van der Waals surface area contributed by atoms with Gasteiger partial charge in [-0.3, -0.25) is 0 Å². The standard InChI is InChI=1S/C52H36N2/c1-5-16-37(17-6-1)39-28-30-45(31-29-39)53(43-23-9-3-10-24-43)46-32-33-50-49(36-46)51-48(41-22-15-21-40(34-41)38-18-7-2-8-19-38)35-42-20-13-14-27-47(42)52(51)54(50)44-25-11-4-12-26-44/h1-36H. The fraction of sp³-hybridized carbons (Fsp3) is 0. The van der Waals surface area contributed by atoms with Gasteiger partial charge in [-0.25, -0.2) is 0 Å². The lowest BCUT2D eigenvalue weighted by Crippen LogP contribution is -2.09. The van der Waals surface area contributed by atoms with Crippen LogP contribution in [0.25, 0.3) is 71.6 Å². The van der Waals surface area contributed by atoms with Gasteiger partial charge in [0, 0.05) is 38.9 Å². The molecule has 54 heavy (non-hydrogen) atoms. The highest BCUT2D eigenvalue weighted by Gasteiger charge is 2.22. The summed E-state index contributed by atoms with van der Waals surface area (Å²) >= 11 is 0. The van der Waals surface area contributed by atoms with Gasteiger partial charge in [-0.05, 0) is 105 Å². The van der Waals surface area contributed by atoms with Crippen molar-refractivity contribution in [2.45, 2.75) is 0 Å². The molecule has 0 spiro atoms. The second kappa shape index (κ2) is 13.4. The van der Waals surface area contributed by atoms with E-state index in [1.165, 1.54) is 66.0 Å². The van der Waals surface area contributed by atoms with Gasteiger partial charge >= 0.3 is 0 Å². The third-order valence-electron chi connectivity index (χ3n) is 10.5. The summed E-state index contributed by atoms with van der Waals surface area (Å²) in [6.45, 7) is 0. The molecule has 0 saturated carbocycles. The fourth-order valence-corrected chi connectivity index (χ4v) is 8.04. The zero-order chi connectivity index (χ0) is 35.8. The zero-order valence-corrected chi connectivity index (χ0v) is 29.7. The third kappa shape index (κ3) is 5.53. The van der Waals surface area contributed by atoms with Crippen LogP contribution in [0.4, 0.5) is 17.1 Å². The molecule has 0 aliphatic heterocycles. The lowest BCUT2D eigenvalue weighted by molar-refractivity contribution is 1.18. The molecule has 1 aromatic heterocycles. The summed E-state index contributed by atoms with van der Waals surface area (Å²) in [6, 6.07) is 78.9. The van der Waals surface area contributed by atoms with Gasteiger partial charge in [0.25, 0.3) is 0 Å². The average Bonchev–Trinajstić information content (AvgIpc) is 3.60. The molecule has 1 heterocycles. The summed E-state index contributed by atoms with van der Waals surface area (Å²) in [4.78, 5) is 2.37. The third-order valence-corrected chi connectivity index (χ3v) is 10.5. The highest BCUT2D eigenvalue weighted by molar-refractivity contribution is 6.24. The molecule has 0 amide bonds. The van der Waals surface area contributed by atoms with Crippen LogP contribution in [0.5, 0.6) is 0 Å². The Morgan fingerprint density at radius 3 is 1.59 bits per heavy atom. The Labute approximate surface area is 315 Å². The van der Waals surface area contributed by atoms with Gasteiger partial charge in [0.15, 0.2) is 0 Å². The topological polar surface area (TPSA) is 8.17 Å². The molecular weight excluding hydrogens is 653 g/mol. The van der Waals surface area contributed by atoms with Crippen molar-refractivity contribution in [3.63, 3.8) is 0 Å². The first-order chi connectivity index (χ1) is 26.8. The van der Waals surface area contributed by atoms with Crippen LogP contribution in [0.1, 0.15) is 0 Å². The number of para-hydroxylation sites is 2. The van der Waals surface area contributed by atoms with Crippen molar-refractivity contribution >= 4 is 49.6 Å². The number of benzene rings is 9. The zero-order valence-electron chi connectivity index (χ0n) is 29.7. The van der Waals surface area contributed by atoms with Crippen molar-refractivity contribution in [1.29, 1.82) is 0 Å². The van der Waals surface area contributed by atoms with E-state index in [-0.39, 0.29) is 0 Å². The van der Waals surface area contributed by atoms with Crippen LogP contribution >= 0.6 is 0 Å². The Morgan fingerprint density at radius 1 is 0.333 bits per heavy atom. The summed E-state index contributed by atoms with van der Waals surface area (Å²) in [7, 11) is 0. The molecule has 0 atom stereocenters. The smallest absolute Gasteiger partial charge is 0.0625 e. The van der Waals surface area contributed by atoms with Crippen LogP contribution in [0.2, 0.25) is 0 Å². The van der Waals surface area contributed by atoms with Crippen molar-refractivity contribution in [3.05, 3.63) is 218 Å². The maximum Gasteiger partial charge on any atom is 0.0625 e. The van der Waals surface area contributed by atoms with Gasteiger partial charge in [0.1, 0.15) is 0 Å². The molecule has 0 fully saturated rings. The molecule has 254 valence electrons. The summed E-state index contributed by atoms with van der Waals surface area (Å²) in [5, 5.41) is 4.90. The number of aromatic nitrogens is 1. The van der Waals surface area contributed by atoms with E-state index < -0.39 is 0 Å². The van der Waals surface area contributed by atoms with Crippen LogP contribution in [-0.2, 0) is 0 Å². The first-order valence-electron chi connectivity index (χ1n) is 18.5. The molecule has 0 unspecified atom stereocenters. The monoisotopic (exact) mass is 688 g/mol. The molecule has 0 saturated heterocycles. The fourth-order valence-electron chi connectivity index (χ4n) is 8.04. The number of fused-ring (bicyclic) bond motifs is 5. The Morgan fingerprint density at radius 2 is 0.870 bits per heavy atom. The van der Waals surface area contributed by atoms with Gasteiger partial charge in [0.2, 0.25) is 0 Å². The number of hydrogen-bond donors (Lipinski definition) is 0. The van der Waals surface area contributed by atoms with Crippen molar-refractivity contribution in [2.24, 2.45) is 0 Å². The second-order valence-corrected chi connectivity index (χ2v) is 13.8. The quantitative estimate of drug-likeness (QED) is 0.162. The molecule has 2 heteroatoms. The highest BCUT2D eigenvalue weighted by atomic mass is 15.1. The lowest BCUT2D eigenvalue weighted by atomic mass is 9.93. The summed E-state index contributed by atoms with van der Waals surface area (Å²) < 4.78 is 2.46. The van der Waals surface area contributed by atoms with Gasteiger partial charge in [-0.1, -0.05) is 152 Å². The first-order valence-corrected chi connectivity index (χ1v) is 18.5. The van der Waals surface area contributed by atoms with Crippen molar-refractivity contribution in [1.82, 2.24) is 4.57 Å². The molecule has 0 radical (unpaired) electrons. The minimum Gasteiger partial charge on any atom is -0.310 e. The van der Waals surface area contributed by atoms with Crippen molar-refractivity contribution in [3.8, 4) is 39.1 Å². The van der Waals surface area contributed by atoms with Crippen LogP contribution in [-0.4, -0.2) is 4.57 Å². The molecule has 0 aliphatic rings. The molecular formula is C52H36N2. The van der Waals surface area contributed by atoms with Gasteiger partial charge in [-0.2, -0.15) is 0 Å². The van der Waals surface area contributed by atoms with E-state index >= 15 is 0 Å². The maximum absolute atomic E-state index is 2.46. The number of anilines is 3. The highest BCUT2D eigenvalue weighted by Crippen LogP contribution is 2.46. The van der Waals surface area contributed by atoms with Gasteiger partial charge < -0.3 is 9.47 Å². The molecule has 0 bridgehead atoms. The normalized spacial score (nSPS) is 11.3. The van der Waals surface area contributed by atoms with E-state index in [0.717, 1.165) is 22.7 Å². The number of hydrogen-bond acceptors (Lipinski definition) is 1. The Balaban J connectivity index is 1.26. The van der Waals surface area contributed by atoms with Crippen molar-refractivity contribution in [2.75, 3.05) is 4.90 Å². The Hall–Kier alpha value is -7.16. The molecule has 10 aromatic rings. The molecule has 9 aromatic carbocycles. The van der Waals surface area contributed by atoms with Crippen LogP contribution in [0.3, 0.4) is 0 Å². The van der Waals surface area contributed by atoms with E-state index in [9.17, 15) is 0 Å². The van der Waals surface area contributed by atoms with Crippen molar-refractivity contribution < 1.29 is 0 Å². The summed E-state index contributed by atoms with van der Waals surface area (Å²) in [6.07, 6.45) is 0. The van der Waals surface area contributed by atoms with E-state index in [1.54, 1.807) is 0 Å². The summed E-state index contributed by atoms with van der Waals surface area (Å²) in [5.74, 6) is 0. The Kier molecular flexibility index (Phi) is 7.85. The first kappa shape index (κ1) is 31.6. The minimum atomic E-state index is 1.10. The van der Waals surface area contributed by atoms with Gasteiger partial charge in [0.05, 0.1) is 11.0 Å². The van der Waals surface area contributed by atoms with E-state index in [2.05, 4.69) is 228 Å². The summed E-state index contributed by atoms with van der Waals surface area (Å²) in [5.41, 5.74) is 14.1. The minimum absolute atomic E-state index is 1.10. The maximum atomic E-state index is 2.46. The van der Waals surface area contributed by atoms with Gasteiger partial charge in [-0.15, -0.1) is 0 Å². The average molecular weight is 689 g/mol. The SMILES string of the molecule is c1ccc(-c2ccc(N(c3ccccc3)c3ccc4c(c3)c3c(-c5cccc(-c6ccccc6)c5)cc5ccccc5c3n4-c3ccccc3)cc2)cc1. The lowest BCUT2D eigenvalue weighted by Gasteiger charge is -2.26. The molecule has 0 N–H and O–H groups in total. The van der Waals surface area contributed by atoms with Crippen LogP contribution < -0.4 is 4.90 Å². The predicted octanol–water partition coefficient (Wildman–Crippen LogP) is 14.4. The Bertz CT molecular complexity index is 2890. The van der Waals surface area contributed by atoms with E-state index in [0.29, 0.717) is 0 Å². The largest absolute Gasteiger partial charge is 0.310 e. The van der Waals surface area contributed by atoms with E-state index in [1.807, 2.05) is 0 Å². The van der Waals surface area contributed by atoms with E-state index in [4.69, 9.17) is 0 Å². The molecule has 0 aliphatic carbocycles. The van der Waals surface area contributed by atoms with Crippen LogP contribution in [0, 0.1) is 0 Å². The van der Waals surface area contributed by atoms with Crippen LogP contribution in [0.15, 0.2) is 218 Å². The molecule has 2 nitrogen and oxygen atoms in total. The molecule has 10 rings (SSSR count). The number of rotatable bonds is 7.